The third-order valence-electron chi connectivity index (χ3n) is 3.02. The van der Waals surface area contributed by atoms with E-state index >= 15 is 0 Å². The van der Waals surface area contributed by atoms with Crippen LogP contribution in [0.25, 0.3) is 0 Å². The van der Waals surface area contributed by atoms with Gasteiger partial charge in [0.25, 0.3) is 0 Å². The smallest absolute Gasteiger partial charge is 0.119 e. The summed E-state index contributed by atoms with van der Waals surface area (Å²) in [6, 6.07) is 8.90. The molecular formula is C15H23N3O2. The fourth-order valence-electron chi connectivity index (χ4n) is 1.57. The summed E-state index contributed by atoms with van der Waals surface area (Å²) in [5.74, 6) is 0.661. The lowest BCUT2D eigenvalue weighted by Gasteiger charge is -2.16. The van der Waals surface area contributed by atoms with Gasteiger partial charge in [-0.05, 0) is 37.9 Å². The van der Waals surface area contributed by atoms with Crippen molar-refractivity contribution < 1.29 is 9.84 Å². The molecule has 0 bridgehead atoms. The van der Waals surface area contributed by atoms with Crippen LogP contribution in [0.2, 0.25) is 0 Å². The summed E-state index contributed by atoms with van der Waals surface area (Å²) in [6.07, 6.45) is -0.544. The van der Waals surface area contributed by atoms with Gasteiger partial charge < -0.3 is 20.1 Å². The predicted octanol–water partition coefficient (Wildman–Crippen LogP) is 0.839. The van der Waals surface area contributed by atoms with Crippen molar-refractivity contribution in [2.24, 2.45) is 0 Å². The van der Waals surface area contributed by atoms with Crippen LogP contribution in [0.1, 0.15) is 12.5 Å². The molecule has 1 atom stereocenters. The molecule has 0 spiro atoms. The molecule has 0 fully saturated rings. The van der Waals surface area contributed by atoms with E-state index in [0.717, 1.165) is 19.6 Å². The molecule has 0 radical (unpaired) electrons. The highest BCUT2D eigenvalue weighted by atomic mass is 16.5. The van der Waals surface area contributed by atoms with E-state index in [1.54, 1.807) is 24.3 Å². The molecule has 1 unspecified atom stereocenters. The van der Waals surface area contributed by atoms with E-state index in [-0.39, 0.29) is 6.61 Å². The number of nitrogens with one attached hydrogen (secondary N) is 1. The Morgan fingerprint density at radius 3 is 2.70 bits per heavy atom. The third kappa shape index (κ3) is 6.53. The van der Waals surface area contributed by atoms with Gasteiger partial charge in [0, 0.05) is 19.6 Å². The molecule has 0 amide bonds. The second-order valence-electron chi connectivity index (χ2n) is 4.70. The molecule has 20 heavy (non-hydrogen) atoms. The minimum absolute atomic E-state index is 0.239. The van der Waals surface area contributed by atoms with Crippen molar-refractivity contribution in [3.05, 3.63) is 29.8 Å². The van der Waals surface area contributed by atoms with Crippen LogP contribution in [-0.2, 0) is 0 Å². The predicted molar refractivity (Wildman–Crippen MR) is 78.7 cm³/mol. The largest absolute Gasteiger partial charge is 0.491 e. The molecular weight excluding hydrogens is 254 g/mol. The van der Waals surface area contributed by atoms with E-state index in [0.29, 0.717) is 17.9 Å². The van der Waals surface area contributed by atoms with E-state index in [2.05, 4.69) is 24.2 Å². The first-order valence-electron chi connectivity index (χ1n) is 6.86. The number of rotatable bonds is 9. The Hall–Kier alpha value is -1.61. The zero-order valence-electron chi connectivity index (χ0n) is 12.2. The minimum atomic E-state index is -0.544. The first-order chi connectivity index (χ1) is 9.65. The highest BCUT2D eigenvalue weighted by Crippen LogP contribution is 2.11. The standard InChI is InChI=1S/C15H23N3O2/c1-3-18(2)9-8-17-11-14(19)12-20-15-6-4-13(10-16)5-7-15/h4-7,14,17,19H,3,8-9,11-12H2,1-2H3. The summed E-state index contributed by atoms with van der Waals surface area (Å²) in [4.78, 5) is 2.20. The molecule has 1 aromatic carbocycles. The number of hydrogen-bond donors (Lipinski definition) is 2. The van der Waals surface area contributed by atoms with E-state index in [9.17, 15) is 5.11 Å². The van der Waals surface area contributed by atoms with Gasteiger partial charge in [-0.3, -0.25) is 0 Å². The van der Waals surface area contributed by atoms with Crippen molar-refractivity contribution in [1.29, 1.82) is 5.26 Å². The van der Waals surface area contributed by atoms with Crippen LogP contribution in [0.3, 0.4) is 0 Å². The van der Waals surface area contributed by atoms with Gasteiger partial charge in [-0.15, -0.1) is 0 Å². The van der Waals surface area contributed by atoms with Gasteiger partial charge in [0.15, 0.2) is 0 Å². The zero-order chi connectivity index (χ0) is 14.8. The van der Waals surface area contributed by atoms with Gasteiger partial charge in [-0.1, -0.05) is 6.92 Å². The minimum Gasteiger partial charge on any atom is -0.491 e. The zero-order valence-corrected chi connectivity index (χ0v) is 12.2. The molecule has 0 heterocycles. The van der Waals surface area contributed by atoms with Gasteiger partial charge in [0.05, 0.1) is 11.6 Å². The fraction of sp³-hybridized carbons (Fsp3) is 0.533. The maximum Gasteiger partial charge on any atom is 0.119 e. The lowest BCUT2D eigenvalue weighted by Crippen LogP contribution is -2.36. The van der Waals surface area contributed by atoms with Crippen molar-refractivity contribution in [2.45, 2.75) is 13.0 Å². The topological polar surface area (TPSA) is 68.5 Å². The summed E-state index contributed by atoms with van der Waals surface area (Å²) >= 11 is 0. The quantitative estimate of drug-likeness (QED) is 0.655. The number of ether oxygens (including phenoxy) is 1. The summed E-state index contributed by atoms with van der Waals surface area (Å²) in [7, 11) is 2.06. The van der Waals surface area contributed by atoms with Crippen molar-refractivity contribution in [3.8, 4) is 11.8 Å². The summed E-state index contributed by atoms with van der Waals surface area (Å²) in [6.45, 7) is 5.68. The highest BCUT2D eigenvalue weighted by molar-refractivity contribution is 5.34. The van der Waals surface area contributed by atoms with E-state index in [1.165, 1.54) is 0 Å². The van der Waals surface area contributed by atoms with Gasteiger partial charge in [-0.25, -0.2) is 0 Å². The molecule has 1 aromatic rings. The first kappa shape index (κ1) is 16.4. The Morgan fingerprint density at radius 1 is 1.40 bits per heavy atom. The number of nitrogens with zero attached hydrogens (tertiary/aromatic N) is 2. The maximum absolute atomic E-state index is 9.78. The molecule has 0 aliphatic heterocycles. The van der Waals surface area contributed by atoms with Crippen LogP contribution in [-0.4, -0.2) is 55.9 Å². The Bertz CT molecular complexity index is 414. The highest BCUT2D eigenvalue weighted by Gasteiger charge is 2.05. The second-order valence-corrected chi connectivity index (χ2v) is 4.70. The van der Waals surface area contributed by atoms with Crippen molar-refractivity contribution in [1.82, 2.24) is 10.2 Å². The van der Waals surface area contributed by atoms with Gasteiger partial charge in [0.2, 0.25) is 0 Å². The molecule has 5 nitrogen and oxygen atoms in total. The summed E-state index contributed by atoms with van der Waals surface area (Å²) in [5.41, 5.74) is 0.597. The average molecular weight is 277 g/mol. The Morgan fingerprint density at radius 2 is 2.10 bits per heavy atom. The van der Waals surface area contributed by atoms with E-state index < -0.39 is 6.10 Å². The number of hydrogen-bond acceptors (Lipinski definition) is 5. The van der Waals surface area contributed by atoms with Crippen molar-refractivity contribution in [3.63, 3.8) is 0 Å². The number of nitriles is 1. The summed E-state index contributed by atoms with van der Waals surface area (Å²) < 4.78 is 5.46. The Labute approximate surface area is 120 Å². The molecule has 2 N–H and O–H groups in total. The van der Waals surface area contributed by atoms with E-state index in [4.69, 9.17) is 10.00 Å². The van der Waals surface area contributed by atoms with Crippen LogP contribution in [0, 0.1) is 11.3 Å². The van der Waals surface area contributed by atoms with Crippen molar-refractivity contribution >= 4 is 0 Å². The number of aliphatic hydroxyl groups excluding tert-OH is 1. The number of likely N-dealkylation sites (N-methyl/N-ethyl adjacent to an activating group) is 1. The van der Waals surface area contributed by atoms with Gasteiger partial charge >= 0.3 is 0 Å². The molecule has 5 heteroatoms. The molecule has 1 rings (SSSR count). The van der Waals surface area contributed by atoms with Crippen LogP contribution in [0.15, 0.2) is 24.3 Å². The SMILES string of the molecule is CCN(C)CCNCC(O)COc1ccc(C#N)cc1. The molecule has 110 valence electrons. The van der Waals surface area contributed by atoms with Crippen LogP contribution in [0.5, 0.6) is 5.75 Å². The maximum atomic E-state index is 9.78. The lowest BCUT2D eigenvalue weighted by molar-refractivity contribution is 0.106. The number of aliphatic hydroxyl groups is 1. The molecule has 0 aliphatic carbocycles. The van der Waals surface area contributed by atoms with Crippen LogP contribution in [0.4, 0.5) is 0 Å². The monoisotopic (exact) mass is 277 g/mol. The van der Waals surface area contributed by atoms with Gasteiger partial charge in [-0.2, -0.15) is 5.26 Å². The summed E-state index contributed by atoms with van der Waals surface area (Å²) in [5, 5.41) is 21.7. The molecule has 0 aromatic heterocycles. The van der Waals surface area contributed by atoms with E-state index in [1.807, 2.05) is 6.07 Å². The van der Waals surface area contributed by atoms with Crippen molar-refractivity contribution in [2.75, 3.05) is 39.8 Å². The normalized spacial score (nSPS) is 12.2. The average Bonchev–Trinajstić information content (AvgIpc) is 2.49. The third-order valence-corrected chi connectivity index (χ3v) is 3.02. The fourth-order valence-corrected chi connectivity index (χ4v) is 1.57. The molecule has 0 saturated heterocycles. The van der Waals surface area contributed by atoms with Crippen LogP contribution >= 0.6 is 0 Å². The molecule has 0 saturated carbocycles. The van der Waals surface area contributed by atoms with Crippen LogP contribution < -0.4 is 10.1 Å². The lowest BCUT2D eigenvalue weighted by atomic mass is 10.2. The Balaban J connectivity index is 2.16. The molecule has 0 aliphatic rings. The van der Waals surface area contributed by atoms with Gasteiger partial charge in [0.1, 0.15) is 18.5 Å². The first-order valence-corrected chi connectivity index (χ1v) is 6.86. The number of benzene rings is 1. The Kier molecular flexibility index (Phi) is 7.66. The second kappa shape index (κ2) is 9.32.